The van der Waals surface area contributed by atoms with Crippen molar-refractivity contribution in [3.8, 4) is 5.75 Å². The van der Waals surface area contributed by atoms with Gasteiger partial charge in [-0.15, -0.1) is 0 Å². The number of rotatable bonds is 13. The van der Waals surface area contributed by atoms with Gasteiger partial charge < -0.3 is 14.6 Å². The van der Waals surface area contributed by atoms with Crippen molar-refractivity contribution in [1.29, 1.82) is 0 Å². The van der Waals surface area contributed by atoms with Crippen molar-refractivity contribution in [3.05, 3.63) is 29.8 Å². The first-order valence-electron chi connectivity index (χ1n) is 8.78. The molecule has 0 saturated carbocycles. The van der Waals surface area contributed by atoms with Crippen molar-refractivity contribution in [2.45, 2.75) is 71.5 Å². The number of benzene rings is 1. The molecule has 0 radical (unpaired) electrons. The molecule has 0 aliphatic carbocycles. The van der Waals surface area contributed by atoms with Crippen molar-refractivity contribution < 1.29 is 14.6 Å². The summed E-state index contributed by atoms with van der Waals surface area (Å²) in [7, 11) is 0. The number of aliphatic hydroxyl groups is 1. The van der Waals surface area contributed by atoms with Crippen LogP contribution in [0.2, 0.25) is 0 Å². The molecule has 0 aliphatic heterocycles. The summed E-state index contributed by atoms with van der Waals surface area (Å²) in [5, 5.41) is 9.14. The Morgan fingerprint density at radius 1 is 0.909 bits per heavy atom. The van der Waals surface area contributed by atoms with Crippen molar-refractivity contribution in [1.82, 2.24) is 0 Å². The third-order valence-electron chi connectivity index (χ3n) is 3.76. The second kappa shape index (κ2) is 12.5. The average molecular weight is 308 g/mol. The van der Waals surface area contributed by atoms with Crippen LogP contribution >= 0.6 is 0 Å². The Balaban J connectivity index is 2.21. The molecule has 1 aromatic rings. The van der Waals surface area contributed by atoms with E-state index in [-0.39, 0.29) is 6.61 Å². The summed E-state index contributed by atoms with van der Waals surface area (Å²) in [5.74, 6) is 0.746. The number of unbranched alkanes of at least 4 members (excludes halogenated alkanes) is 6. The zero-order valence-corrected chi connectivity index (χ0v) is 14.2. The fraction of sp³-hybridized carbons (Fsp3) is 0.684. The van der Waals surface area contributed by atoms with E-state index < -0.39 is 6.29 Å². The third-order valence-corrected chi connectivity index (χ3v) is 3.76. The zero-order valence-electron chi connectivity index (χ0n) is 14.2. The number of hydrogen-bond donors (Lipinski definition) is 1. The summed E-state index contributed by atoms with van der Waals surface area (Å²) in [4.78, 5) is 0. The molecule has 0 saturated heterocycles. The van der Waals surface area contributed by atoms with E-state index in [2.05, 4.69) is 19.1 Å². The predicted octanol–water partition coefficient (Wildman–Crippen LogP) is 4.71. The normalized spacial score (nSPS) is 12.3. The molecule has 0 aliphatic rings. The fourth-order valence-corrected chi connectivity index (χ4v) is 2.48. The van der Waals surface area contributed by atoms with Crippen molar-refractivity contribution in [2.75, 3.05) is 13.2 Å². The van der Waals surface area contributed by atoms with E-state index in [9.17, 15) is 0 Å². The Kier molecular flexibility index (Phi) is 10.8. The van der Waals surface area contributed by atoms with E-state index in [1.807, 2.05) is 19.1 Å². The SMILES string of the molecule is CCCCCCCCCc1ccc(OC(CO)OCC)cc1. The smallest absolute Gasteiger partial charge is 0.223 e. The maximum Gasteiger partial charge on any atom is 0.223 e. The van der Waals surface area contributed by atoms with Crippen LogP contribution in [0.1, 0.15) is 64.4 Å². The summed E-state index contributed by atoms with van der Waals surface area (Å²) < 4.78 is 10.8. The van der Waals surface area contributed by atoms with Crippen LogP contribution in [-0.4, -0.2) is 24.6 Å². The van der Waals surface area contributed by atoms with Gasteiger partial charge in [-0.2, -0.15) is 0 Å². The van der Waals surface area contributed by atoms with Crippen molar-refractivity contribution in [3.63, 3.8) is 0 Å². The molecule has 1 atom stereocenters. The highest BCUT2D eigenvalue weighted by molar-refractivity contribution is 5.27. The molecule has 126 valence electrons. The maximum atomic E-state index is 9.14. The van der Waals surface area contributed by atoms with Crippen LogP contribution in [0.5, 0.6) is 5.75 Å². The van der Waals surface area contributed by atoms with Gasteiger partial charge in [0.1, 0.15) is 12.4 Å². The fourth-order valence-electron chi connectivity index (χ4n) is 2.48. The van der Waals surface area contributed by atoms with Gasteiger partial charge in [0, 0.05) is 6.61 Å². The molecule has 0 heterocycles. The van der Waals surface area contributed by atoms with Crippen LogP contribution in [0.4, 0.5) is 0 Å². The summed E-state index contributed by atoms with van der Waals surface area (Å²) >= 11 is 0. The minimum absolute atomic E-state index is 0.131. The summed E-state index contributed by atoms with van der Waals surface area (Å²) in [6.45, 7) is 4.54. The first kappa shape index (κ1) is 19.0. The molecule has 1 aromatic carbocycles. The van der Waals surface area contributed by atoms with Gasteiger partial charge >= 0.3 is 0 Å². The van der Waals surface area contributed by atoms with Gasteiger partial charge in [0.2, 0.25) is 6.29 Å². The van der Waals surface area contributed by atoms with Crippen LogP contribution in [0.3, 0.4) is 0 Å². The first-order valence-corrected chi connectivity index (χ1v) is 8.78. The highest BCUT2D eigenvalue weighted by atomic mass is 16.7. The second-order valence-electron chi connectivity index (χ2n) is 5.70. The lowest BCUT2D eigenvalue weighted by Crippen LogP contribution is -2.24. The Morgan fingerprint density at radius 3 is 2.14 bits per heavy atom. The van der Waals surface area contributed by atoms with E-state index in [1.165, 1.54) is 50.5 Å². The lowest BCUT2D eigenvalue weighted by atomic mass is 10.0. The predicted molar refractivity (Wildman–Crippen MR) is 91.3 cm³/mol. The lowest BCUT2D eigenvalue weighted by molar-refractivity contribution is -0.103. The van der Waals surface area contributed by atoms with Crippen LogP contribution in [0.15, 0.2) is 24.3 Å². The molecule has 0 fully saturated rings. The van der Waals surface area contributed by atoms with Crippen molar-refractivity contribution >= 4 is 0 Å². The van der Waals surface area contributed by atoms with Gasteiger partial charge in [-0.1, -0.05) is 57.6 Å². The number of aliphatic hydroxyl groups excluding tert-OH is 1. The molecule has 3 nitrogen and oxygen atoms in total. The first-order chi connectivity index (χ1) is 10.8. The summed E-state index contributed by atoms with van der Waals surface area (Å²) in [5.41, 5.74) is 1.35. The molecule has 3 heteroatoms. The Labute approximate surface area is 135 Å². The topological polar surface area (TPSA) is 38.7 Å². The Hall–Kier alpha value is -1.06. The summed E-state index contributed by atoms with van der Waals surface area (Å²) in [6.07, 6.45) is 9.93. The second-order valence-corrected chi connectivity index (χ2v) is 5.70. The molecule has 22 heavy (non-hydrogen) atoms. The largest absolute Gasteiger partial charge is 0.462 e. The molecule has 0 amide bonds. The van der Waals surface area contributed by atoms with Gasteiger partial charge in [0.15, 0.2) is 0 Å². The molecular weight excluding hydrogens is 276 g/mol. The average Bonchev–Trinajstić information content (AvgIpc) is 2.55. The maximum absolute atomic E-state index is 9.14. The van der Waals surface area contributed by atoms with Crippen LogP contribution in [0.25, 0.3) is 0 Å². The Bertz CT molecular complexity index is 361. The molecule has 1 rings (SSSR count). The standard InChI is InChI=1S/C19H32O3/c1-3-5-6-7-8-9-10-11-17-12-14-18(15-13-17)22-19(16-20)21-4-2/h12-15,19-20H,3-11,16H2,1-2H3. The minimum Gasteiger partial charge on any atom is -0.462 e. The van der Waals surface area contributed by atoms with Crippen LogP contribution in [0, 0.1) is 0 Å². The molecular formula is C19H32O3. The quantitative estimate of drug-likeness (QED) is 0.423. The lowest BCUT2D eigenvalue weighted by Gasteiger charge is -2.16. The van der Waals surface area contributed by atoms with Gasteiger partial charge in [-0.25, -0.2) is 0 Å². The highest BCUT2D eigenvalue weighted by Gasteiger charge is 2.08. The van der Waals surface area contributed by atoms with E-state index in [4.69, 9.17) is 14.6 Å². The van der Waals surface area contributed by atoms with Gasteiger partial charge in [-0.3, -0.25) is 0 Å². The third kappa shape index (κ3) is 8.40. The number of hydrogen-bond acceptors (Lipinski definition) is 3. The van der Waals surface area contributed by atoms with Crippen LogP contribution in [-0.2, 0) is 11.2 Å². The van der Waals surface area contributed by atoms with Gasteiger partial charge in [0.05, 0.1) is 0 Å². The van der Waals surface area contributed by atoms with Gasteiger partial charge in [0.25, 0.3) is 0 Å². The molecule has 1 unspecified atom stereocenters. The van der Waals surface area contributed by atoms with Crippen molar-refractivity contribution in [2.24, 2.45) is 0 Å². The Morgan fingerprint density at radius 2 is 1.55 bits per heavy atom. The molecule has 0 spiro atoms. The number of aryl methyl sites for hydroxylation is 1. The summed E-state index contributed by atoms with van der Waals surface area (Å²) in [6, 6.07) is 8.12. The highest BCUT2D eigenvalue weighted by Crippen LogP contribution is 2.16. The van der Waals surface area contributed by atoms with E-state index in [0.29, 0.717) is 6.61 Å². The van der Waals surface area contributed by atoms with Crippen LogP contribution < -0.4 is 4.74 Å². The van der Waals surface area contributed by atoms with E-state index >= 15 is 0 Å². The molecule has 0 bridgehead atoms. The zero-order chi connectivity index (χ0) is 16.0. The molecule has 0 aromatic heterocycles. The van der Waals surface area contributed by atoms with Gasteiger partial charge in [-0.05, 0) is 37.5 Å². The van der Waals surface area contributed by atoms with E-state index in [1.54, 1.807) is 0 Å². The van der Waals surface area contributed by atoms with E-state index in [0.717, 1.165) is 12.2 Å². The minimum atomic E-state index is -0.570. The number of ether oxygens (including phenoxy) is 2. The monoisotopic (exact) mass is 308 g/mol. The molecule has 1 N–H and O–H groups in total.